The second-order valence-corrected chi connectivity index (χ2v) is 5.44. The van der Waals surface area contributed by atoms with Gasteiger partial charge in [-0.2, -0.15) is 0 Å². The predicted molar refractivity (Wildman–Crippen MR) is 75.0 cm³/mol. The lowest BCUT2D eigenvalue weighted by molar-refractivity contribution is -0.131. The van der Waals surface area contributed by atoms with E-state index in [4.69, 9.17) is 5.73 Å². The molecule has 0 bridgehead atoms. The van der Waals surface area contributed by atoms with Gasteiger partial charge in [0.15, 0.2) is 0 Å². The Morgan fingerprint density at radius 2 is 2.26 bits per heavy atom. The van der Waals surface area contributed by atoms with Crippen LogP contribution < -0.4 is 5.73 Å². The Bertz CT molecular complexity index is 379. The lowest BCUT2D eigenvalue weighted by Gasteiger charge is -2.20. The van der Waals surface area contributed by atoms with Crippen LogP contribution in [0.1, 0.15) is 46.0 Å². The topological polar surface area (TPSA) is 63.4 Å². The van der Waals surface area contributed by atoms with Gasteiger partial charge in [0.1, 0.15) is 0 Å². The van der Waals surface area contributed by atoms with E-state index < -0.39 is 0 Å². The Morgan fingerprint density at radius 1 is 1.53 bits per heavy atom. The van der Waals surface area contributed by atoms with Crippen molar-refractivity contribution in [1.29, 1.82) is 0 Å². The summed E-state index contributed by atoms with van der Waals surface area (Å²) in [5, 5.41) is 0. The van der Waals surface area contributed by atoms with Crippen LogP contribution >= 0.6 is 0 Å². The fourth-order valence-corrected chi connectivity index (χ4v) is 2.18. The maximum atomic E-state index is 12.1. The zero-order valence-electron chi connectivity index (χ0n) is 11.9. The molecule has 1 unspecified atom stereocenters. The van der Waals surface area contributed by atoms with E-state index in [-0.39, 0.29) is 17.7 Å². The maximum Gasteiger partial charge on any atom is 0.223 e. The molecule has 0 saturated carbocycles. The van der Waals surface area contributed by atoms with Crippen molar-refractivity contribution in [2.45, 2.75) is 46.0 Å². The first-order valence-electron chi connectivity index (χ1n) is 7.06. The largest absolute Gasteiger partial charge is 0.370 e. The van der Waals surface area contributed by atoms with E-state index in [9.17, 15) is 9.59 Å². The highest BCUT2D eigenvalue weighted by Gasteiger charge is 2.22. The standard InChI is InChI=1S/C15H24N2O2/c1-12(2)7-8-13-5-3-9-17(15(19)11-13)10-4-6-14(16)18/h12-13H,3-6,9-11H2,1-2H3,(H2,16,18). The molecule has 1 heterocycles. The molecule has 4 nitrogen and oxygen atoms in total. The van der Waals surface area contributed by atoms with Gasteiger partial charge in [0.25, 0.3) is 0 Å². The van der Waals surface area contributed by atoms with Gasteiger partial charge in [-0.05, 0) is 19.3 Å². The summed E-state index contributed by atoms with van der Waals surface area (Å²) in [6.45, 7) is 5.52. The maximum absolute atomic E-state index is 12.1. The minimum absolute atomic E-state index is 0.157. The Balaban J connectivity index is 2.46. The number of nitrogens with two attached hydrogens (primary N) is 1. The van der Waals surface area contributed by atoms with Gasteiger partial charge < -0.3 is 10.6 Å². The Morgan fingerprint density at radius 3 is 2.89 bits per heavy atom. The number of nitrogens with zero attached hydrogens (tertiary/aromatic N) is 1. The highest BCUT2D eigenvalue weighted by atomic mass is 16.2. The van der Waals surface area contributed by atoms with E-state index in [1.807, 2.05) is 4.90 Å². The molecule has 0 aromatic carbocycles. The van der Waals surface area contributed by atoms with Crippen LogP contribution in [-0.4, -0.2) is 29.8 Å². The first kappa shape index (κ1) is 15.6. The summed E-state index contributed by atoms with van der Waals surface area (Å²) in [6.07, 6.45) is 3.48. The fourth-order valence-electron chi connectivity index (χ4n) is 2.18. The van der Waals surface area contributed by atoms with Crippen LogP contribution in [0.5, 0.6) is 0 Å². The molecule has 0 radical (unpaired) electrons. The van der Waals surface area contributed by atoms with Crippen LogP contribution in [0.4, 0.5) is 0 Å². The molecule has 4 heteroatoms. The van der Waals surface area contributed by atoms with Crippen molar-refractivity contribution in [3.8, 4) is 11.8 Å². The Kier molecular flexibility index (Phi) is 6.41. The number of hydrogen-bond acceptors (Lipinski definition) is 2. The number of carbonyl (C=O) groups is 2. The van der Waals surface area contributed by atoms with Gasteiger partial charge in [0, 0.05) is 37.8 Å². The fraction of sp³-hybridized carbons (Fsp3) is 0.733. The van der Waals surface area contributed by atoms with Crippen molar-refractivity contribution in [3.05, 3.63) is 0 Å². The average Bonchev–Trinajstić information content (AvgIpc) is 2.49. The van der Waals surface area contributed by atoms with E-state index in [0.717, 1.165) is 19.4 Å². The second-order valence-electron chi connectivity index (χ2n) is 5.44. The van der Waals surface area contributed by atoms with E-state index in [0.29, 0.717) is 31.7 Å². The van der Waals surface area contributed by atoms with Crippen molar-refractivity contribution in [2.24, 2.45) is 17.6 Å². The zero-order chi connectivity index (χ0) is 14.3. The van der Waals surface area contributed by atoms with Gasteiger partial charge in [-0.15, -0.1) is 5.92 Å². The minimum atomic E-state index is -0.303. The number of hydrogen-bond donors (Lipinski definition) is 1. The van der Waals surface area contributed by atoms with Crippen molar-refractivity contribution in [1.82, 2.24) is 4.90 Å². The lowest BCUT2D eigenvalue weighted by Crippen LogP contribution is -2.32. The van der Waals surface area contributed by atoms with Crippen molar-refractivity contribution in [3.63, 3.8) is 0 Å². The van der Waals surface area contributed by atoms with E-state index in [1.165, 1.54) is 0 Å². The summed E-state index contributed by atoms with van der Waals surface area (Å²) in [4.78, 5) is 24.6. The molecule has 19 heavy (non-hydrogen) atoms. The number of amides is 2. The third kappa shape index (κ3) is 6.28. The van der Waals surface area contributed by atoms with E-state index in [1.54, 1.807) is 0 Å². The summed E-state index contributed by atoms with van der Waals surface area (Å²) < 4.78 is 0. The summed E-state index contributed by atoms with van der Waals surface area (Å²) >= 11 is 0. The molecular formula is C15H24N2O2. The summed E-state index contributed by atoms with van der Waals surface area (Å²) in [6, 6.07) is 0. The predicted octanol–water partition coefficient (Wildman–Crippen LogP) is 1.54. The van der Waals surface area contributed by atoms with Crippen LogP contribution in [0.15, 0.2) is 0 Å². The van der Waals surface area contributed by atoms with Gasteiger partial charge in [0.05, 0.1) is 0 Å². The monoisotopic (exact) mass is 264 g/mol. The van der Waals surface area contributed by atoms with Crippen molar-refractivity contribution < 1.29 is 9.59 Å². The first-order valence-corrected chi connectivity index (χ1v) is 7.06. The molecular weight excluding hydrogens is 240 g/mol. The third-order valence-corrected chi connectivity index (χ3v) is 3.18. The number of primary amides is 1. The Hall–Kier alpha value is -1.50. The summed E-state index contributed by atoms with van der Waals surface area (Å²) in [5.41, 5.74) is 5.10. The highest BCUT2D eigenvalue weighted by molar-refractivity contribution is 5.77. The molecule has 0 aromatic rings. The van der Waals surface area contributed by atoms with E-state index >= 15 is 0 Å². The first-order chi connectivity index (χ1) is 8.99. The average molecular weight is 264 g/mol. The van der Waals surface area contributed by atoms with E-state index in [2.05, 4.69) is 25.7 Å². The van der Waals surface area contributed by atoms with Gasteiger partial charge in [-0.3, -0.25) is 9.59 Å². The summed E-state index contributed by atoms with van der Waals surface area (Å²) in [7, 11) is 0. The minimum Gasteiger partial charge on any atom is -0.370 e. The van der Waals surface area contributed by atoms with Crippen LogP contribution in [0.3, 0.4) is 0 Å². The van der Waals surface area contributed by atoms with Gasteiger partial charge in [0.2, 0.25) is 11.8 Å². The molecule has 2 amide bonds. The SMILES string of the molecule is CC(C)C#CC1CCCN(CCCC(N)=O)C(=O)C1. The summed E-state index contributed by atoms with van der Waals surface area (Å²) in [5.74, 6) is 6.77. The Labute approximate surface area is 115 Å². The number of likely N-dealkylation sites (tertiary alicyclic amines) is 1. The third-order valence-electron chi connectivity index (χ3n) is 3.18. The van der Waals surface area contributed by atoms with Crippen molar-refractivity contribution in [2.75, 3.05) is 13.1 Å². The molecule has 1 saturated heterocycles. The van der Waals surface area contributed by atoms with Gasteiger partial charge in [-0.1, -0.05) is 19.8 Å². The normalized spacial score (nSPS) is 19.8. The van der Waals surface area contributed by atoms with Crippen LogP contribution in [0.2, 0.25) is 0 Å². The van der Waals surface area contributed by atoms with Crippen molar-refractivity contribution >= 4 is 11.8 Å². The molecule has 0 aromatic heterocycles. The molecule has 1 rings (SSSR count). The van der Waals surface area contributed by atoms with Crippen LogP contribution in [0, 0.1) is 23.7 Å². The molecule has 1 aliphatic rings. The van der Waals surface area contributed by atoms with Crippen LogP contribution in [0.25, 0.3) is 0 Å². The molecule has 2 N–H and O–H groups in total. The van der Waals surface area contributed by atoms with Crippen LogP contribution in [-0.2, 0) is 9.59 Å². The lowest BCUT2D eigenvalue weighted by atomic mass is 10.0. The number of carbonyl (C=O) groups excluding carboxylic acids is 2. The molecule has 0 spiro atoms. The highest BCUT2D eigenvalue weighted by Crippen LogP contribution is 2.18. The molecule has 1 fully saturated rings. The second kappa shape index (κ2) is 7.83. The molecule has 106 valence electrons. The molecule has 0 aliphatic carbocycles. The zero-order valence-corrected chi connectivity index (χ0v) is 11.9. The molecule has 1 atom stereocenters. The molecule has 1 aliphatic heterocycles. The van der Waals surface area contributed by atoms with Gasteiger partial charge in [-0.25, -0.2) is 0 Å². The number of rotatable bonds is 4. The van der Waals surface area contributed by atoms with Gasteiger partial charge >= 0.3 is 0 Å². The quantitative estimate of drug-likeness (QED) is 0.783. The smallest absolute Gasteiger partial charge is 0.223 e.